The molecule has 1 aromatic carbocycles. The van der Waals surface area contributed by atoms with Crippen molar-refractivity contribution in [1.29, 1.82) is 0 Å². The van der Waals surface area contributed by atoms with Crippen LogP contribution in [0.3, 0.4) is 0 Å². The standard InChI is InChI=1S/C19H16N4O2S/c1-12-4-6-13(7-5-12)16-10-23-14(11-24-16)9-15(21-23)19-20-18(22-25-19)17-3-2-8-26-17/h2-9,16H,10-11H2,1H3. The van der Waals surface area contributed by atoms with Gasteiger partial charge in [-0.25, -0.2) is 0 Å². The third-order valence-corrected chi connectivity index (χ3v) is 5.34. The molecule has 0 amide bonds. The van der Waals surface area contributed by atoms with Gasteiger partial charge in [0.1, 0.15) is 6.10 Å². The highest BCUT2D eigenvalue weighted by Crippen LogP contribution is 2.30. The Hall–Kier alpha value is -2.77. The maximum atomic E-state index is 6.02. The molecule has 5 rings (SSSR count). The highest BCUT2D eigenvalue weighted by molar-refractivity contribution is 7.13. The van der Waals surface area contributed by atoms with Crippen molar-refractivity contribution in [2.75, 3.05) is 0 Å². The summed E-state index contributed by atoms with van der Waals surface area (Å²) in [5, 5.41) is 10.7. The van der Waals surface area contributed by atoms with Crippen molar-refractivity contribution in [2.24, 2.45) is 0 Å². The lowest BCUT2D eigenvalue weighted by Crippen LogP contribution is -2.21. The number of hydrogen-bond donors (Lipinski definition) is 0. The molecule has 1 atom stereocenters. The van der Waals surface area contributed by atoms with E-state index in [-0.39, 0.29) is 6.10 Å². The minimum absolute atomic E-state index is 0.000199. The molecular weight excluding hydrogens is 348 g/mol. The first-order valence-electron chi connectivity index (χ1n) is 8.39. The summed E-state index contributed by atoms with van der Waals surface area (Å²) in [5.41, 5.74) is 4.10. The van der Waals surface area contributed by atoms with Crippen LogP contribution in [0.5, 0.6) is 0 Å². The van der Waals surface area contributed by atoms with Crippen molar-refractivity contribution in [3.8, 4) is 22.3 Å². The zero-order chi connectivity index (χ0) is 17.5. The van der Waals surface area contributed by atoms with E-state index in [2.05, 4.69) is 46.4 Å². The van der Waals surface area contributed by atoms with E-state index in [1.54, 1.807) is 11.3 Å². The Morgan fingerprint density at radius 1 is 1.19 bits per heavy atom. The molecule has 26 heavy (non-hydrogen) atoms. The molecule has 0 spiro atoms. The predicted octanol–water partition coefficient (Wildman–Crippen LogP) is 4.24. The van der Waals surface area contributed by atoms with Crippen LogP contribution in [-0.4, -0.2) is 19.9 Å². The summed E-state index contributed by atoms with van der Waals surface area (Å²) in [6.07, 6.45) is 0.000199. The van der Waals surface area contributed by atoms with Crippen molar-refractivity contribution in [3.63, 3.8) is 0 Å². The normalized spacial score (nSPS) is 16.6. The molecule has 1 unspecified atom stereocenters. The van der Waals surface area contributed by atoms with E-state index in [1.165, 1.54) is 5.56 Å². The second-order valence-corrected chi connectivity index (χ2v) is 7.26. The van der Waals surface area contributed by atoms with E-state index in [4.69, 9.17) is 9.26 Å². The lowest BCUT2D eigenvalue weighted by molar-refractivity contribution is -0.00113. The fourth-order valence-corrected chi connectivity index (χ4v) is 3.70. The van der Waals surface area contributed by atoms with Crippen LogP contribution in [0.1, 0.15) is 22.9 Å². The van der Waals surface area contributed by atoms with E-state index in [0.29, 0.717) is 30.6 Å². The fourth-order valence-electron chi connectivity index (χ4n) is 3.05. The molecule has 0 saturated heterocycles. The highest BCUT2D eigenvalue weighted by atomic mass is 32.1. The highest BCUT2D eigenvalue weighted by Gasteiger charge is 2.24. The topological polar surface area (TPSA) is 66.0 Å². The number of fused-ring (bicyclic) bond motifs is 1. The molecule has 0 aliphatic carbocycles. The molecule has 1 aliphatic heterocycles. The number of ether oxygens (including phenoxy) is 1. The second-order valence-electron chi connectivity index (χ2n) is 6.31. The number of aromatic nitrogens is 4. The van der Waals surface area contributed by atoms with Gasteiger partial charge in [-0.3, -0.25) is 4.68 Å². The number of nitrogens with zero attached hydrogens (tertiary/aromatic N) is 4. The summed E-state index contributed by atoms with van der Waals surface area (Å²) in [4.78, 5) is 5.45. The van der Waals surface area contributed by atoms with Gasteiger partial charge < -0.3 is 9.26 Å². The summed E-state index contributed by atoms with van der Waals surface area (Å²) in [6, 6.07) is 14.3. The van der Waals surface area contributed by atoms with Gasteiger partial charge in [0.05, 0.1) is 23.7 Å². The molecule has 0 radical (unpaired) electrons. The number of aryl methyl sites for hydroxylation is 1. The van der Waals surface area contributed by atoms with Crippen molar-refractivity contribution >= 4 is 11.3 Å². The first-order chi connectivity index (χ1) is 12.8. The van der Waals surface area contributed by atoms with Gasteiger partial charge >= 0.3 is 0 Å². The summed E-state index contributed by atoms with van der Waals surface area (Å²) in [7, 11) is 0. The Bertz CT molecular complexity index is 1030. The largest absolute Gasteiger partial charge is 0.365 e. The van der Waals surface area contributed by atoms with Crippen LogP contribution >= 0.6 is 11.3 Å². The van der Waals surface area contributed by atoms with Crippen molar-refractivity contribution in [1.82, 2.24) is 19.9 Å². The quantitative estimate of drug-likeness (QED) is 0.544. The van der Waals surface area contributed by atoms with Crippen LogP contribution in [0.2, 0.25) is 0 Å². The Morgan fingerprint density at radius 2 is 2.08 bits per heavy atom. The van der Waals surface area contributed by atoms with Gasteiger partial charge in [0.25, 0.3) is 5.89 Å². The zero-order valence-corrected chi connectivity index (χ0v) is 14.9. The average Bonchev–Trinajstić information content (AvgIpc) is 3.40. The number of benzene rings is 1. The number of rotatable bonds is 3. The molecule has 7 heteroatoms. The number of hydrogen-bond acceptors (Lipinski definition) is 6. The Labute approximate surface area is 154 Å². The van der Waals surface area contributed by atoms with Crippen molar-refractivity contribution in [3.05, 3.63) is 64.7 Å². The molecule has 0 bridgehead atoms. The molecule has 0 fully saturated rings. The van der Waals surface area contributed by atoms with Crippen LogP contribution in [0.25, 0.3) is 22.3 Å². The minimum atomic E-state index is 0.000199. The van der Waals surface area contributed by atoms with Crippen LogP contribution < -0.4 is 0 Å². The van der Waals surface area contributed by atoms with Gasteiger partial charge in [-0.05, 0) is 30.0 Å². The third-order valence-electron chi connectivity index (χ3n) is 4.47. The van der Waals surface area contributed by atoms with Gasteiger partial charge in [0.2, 0.25) is 5.82 Å². The molecule has 4 aromatic rings. The maximum Gasteiger partial charge on any atom is 0.278 e. The summed E-state index contributed by atoms with van der Waals surface area (Å²) in [6.45, 7) is 3.26. The van der Waals surface area contributed by atoms with Crippen LogP contribution in [0, 0.1) is 6.92 Å². The van der Waals surface area contributed by atoms with E-state index in [9.17, 15) is 0 Å². The molecule has 0 N–H and O–H groups in total. The second kappa shape index (κ2) is 6.19. The van der Waals surface area contributed by atoms with Gasteiger partial charge in [-0.2, -0.15) is 10.1 Å². The van der Waals surface area contributed by atoms with Gasteiger partial charge in [0.15, 0.2) is 5.69 Å². The van der Waals surface area contributed by atoms with Crippen LogP contribution in [0.15, 0.2) is 52.4 Å². The Kier molecular flexibility index (Phi) is 3.69. The first kappa shape index (κ1) is 15.5. The maximum absolute atomic E-state index is 6.02. The number of thiophene rings is 1. The van der Waals surface area contributed by atoms with E-state index in [0.717, 1.165) is 16.1 Å². The fraction of sp³-hybridized carbons (Fsp3) is 0.211. The van der Waals surface area contributed by atoms with E-state index < -0.39 is 0 Å². The third kappa shape index (κ3) is 2.75. The summed E-state index contributed by atoms with van der Waals surface area (Å²) in [5.74, 6) is 1.02. The Balaban J connectivity index is 1.40. The van der Waals surface area contributed by atoms with Crippen LogP contribution in [-0.2, 0) is 17.9 Å². The zero-order valence-electron chi connectivity index (χ0n) is 14.1. The Morgan fingerprint density at radius 3 is 2.88 bits per heavy atom. The van der Waals surface area contributed by atoms with E-state index >= 15 is 0 Å². The lowest BCUT2D eigenvalue weighted by atomic mass is 10.1. The summed E-state index contributed by atoms with van der Waals surface area (Å²) < 4.78 is 13.4. The monoisotopic (exact) mass is 364 g/mol. The van der Waals surface area contributed by atoms with Crippen LogP contribution in [0.4, 0.5) is 0 Å². The van der Waals surface area contributed by atoms with E-state index in [1.807, 2.05) is 28.3 Å². The lowest BCUT2D eigenvalue weighted by Gasteiger charge is -2.24. The average molecular weight is 364 g/mol. The predicted molar refractivity (Wildman–Crippen MR) is 97.5 cm³/mol. The molecular formula is C19H16N4O2S. The molecule has 1 aliphatic rings. The smallest absolute Gasteiger partial charge is 0.278 e. The van der Waals surface area contributed by atoms with Gasteiger partial charge in [-0.1, -0.05) is 41.1 Å². The summed E-state index contributed by atoms with van der Waals surface area (Å²) >= 11 is 1.58. The SMILES string of the molecule is Cc1ccc(C2Cn3nc(-c4nc(-c5cccs5)no4)cc3CO2)cc1. The molecule has 4 heterocycles. The van der Waals surface area contributed by atoms with Gasteiger partial charge in [-0.15, -0.1) is 11.3 Å². The first-order valence-corrected chi connectivity index (χ1v) is 9.27. The van der Waals surface area contributed by atoms with Crippen molar-refractivity contribution < 1.29 is 9.26 Å². The molecule has 6 nitrogen and oxygen atoms in total. The van der Waals surface area contributed by atoms with Gasteiger partial charge in [0, 0.05) is 0 Å². The molecule has 3 aromatic heterocycles. The molecule has 0 saturated carbocycles. The van der Waals surface area contributed by atoms with Crippen molar-refractivity contribution in [2.45, 2.75) is 26.2 Å². The minimum Gasteiger partial charge on any atom is -0.365 e. The molecule has 130 valence electrons.